The minimum absolute atomic E-state index is 0.203. The van der Waals surface area contributed by atoms with Crippen LogP contribution < -0.4 is 16.0 Å². The third kappa shape index (κ3) is 3.53. The van der Waals surface area contributed by atoms with Gasteiger partial charge in [-0.15, -0.1) is 11.3 Å². The number of nitrogens with one attached hydrogen (secondary N) is 3. The number of thiophene rings is 1. The van der Waals surface area contributed by atoms with Gasteiger partial charge >= 0.3 is 0 Å². The van der Waals surface area contributed by atoms with Crippen molar-refractivity contribution in [3.63, 3.8) is 0 Å². The Bertz CT molecular complexity index is 1030. The quantitative estimate of drug-likeness (QED) is 0.614. The van der Waals surface area contributed by atoms with Crippen LogP contribution in [0.5, 0.6) is 0 Å². The molecule has 1 aliphatic rings. The van der Waals surface area contributed by atoms with E-state index in [1.807, 2.05) is 26.1 Å². The molecule has 2 aromatic heterocycles. The van der Waals surface area contributed by atoms with E-state index in [0.717, 1.165) is 34.6 Å². The number of hydrogen-bond acceptors (Lipinski definition) is 5. The third-order valence-electron chi connectivity index (χ3n) is 5.03. The lowest BCUT2D eigenvalue weighted by atomic mass is 10.1. The van der Waals surface area contributed by atoms with Gasteiger partial charge in [-0.2, -0.15) is 5.10 Å². The molecule has 28 heavy (non-hydrogen) atoms. The van der Waals surface area contributed by atoms with E-state index in [1.54, 1.807) is 11.6 Å². The summed E-state index contributed by atoms with van der Waals surface area (Å²) in [5.41, 5.74) is 4.54. The Morgan fingerprint density at radius 1 is 1.29 bits per heavy atom. The Hall–Kier alpha value is -2.71. The van der Waals surface area contributed by atoms with Crippen molar-refractivity contribution in [2.75, 3.05) is 0 Å². The minimum atomic E-state index is -0.618. The van der Waals surface area contributed by atoms with Crippen LogP contribution in [0.1, 0.15) is 39.0 Å². The van der Waals surface area contributed by atoms with Crippen LogP contribution in [-0.2, 0) is 31.5 Å². The molecule has 0 saturated carbocycles. The maximum absolute atomic E-state index is 12.5. The Kier molecular flexibility index (Phi) is 4.91. The highest BCUT2D eigenvalue weighted by molar-refractivity contribution is 7.20. The fourth-order valence-electron chi connectivity index (χ4n) is 3.45. The van der Waals surface area contributed by atoms with Gasteiger partial charge < -0.3 is 16.0 Å². The topological polar surface area (TPSA) is 88.0 Å². The van der Waals surface area contributed by atoms with E-state index >= 15 is 0 Å². The van der Waals surface area contributed by atoms with Crippen LogP contribution in [0.4, 0.5) is 0 Å². The van der Waals surface area contributed by atoms with E-state index in [-0.39, 0.29) is 11.8 Å². The molecule has 0 spiro atoms. The zero-order valence-corrected chi connectivity index (χ0v) is 16.9. The summed E-state index contributed by atoms with van der Waals surface area (Å²) < 4.78 is 1.77. The summed E-state index contributed by atoms with van der Waals surface area (Å²) in [4.78, 5) is 26.5. The number of fused-ring (bicyclic) bond motifs is 2. The molecule has 0 saturated heterocycles. The number of aryl methyl sites for hydroxylation is 2. The van der Waals surface area contributed by atoms with E-state index in [9.17, 15) is 9.59 Å². The van der Waals surface area contributed by atoms with Crippen molar-refractivity contribution in [1.82, 2.24) is 25.7 Å². The first-order valence-corrected chi connectivity index (χ1v) is 10.1. The molecular formula is C20H23N5O2S. The Labute approximate surface area is 167 Å². The number of hydrogen-bond donors (Lipinski definition) is 3. The molecule has 4 rings (SSSR count). The van der Waals surface area contributed by atoms with Crippen molar-refractivity contribution in [2.24, 2.45) is 7.05 Å². The molecule has 2 amide bonds. The standard InChI is InChI=1S/C20H23N5O2S/c1-11-16-7-17(28-20(16)25(3)24-11)19(27)23-12(2)18(26)22-8-13-4-5-14-9-21-10-15(14)6-13/h4-7,12,21H,8-10H2,1-3H3,(H,22,26)(H,23,27). The average molecular weight is 398 g/mol. The smallest absolute Gasteiger partial charge is 0.262 e. The van der Waals surface area contributed by atoms with Gasteiger partial charge in [-0.1, -0.05) is 18.2 Å². The zero-order valence-electron chi connectivity index (χ0n) is 16.1. The summed E-state index contributed by atoms with van der Waals surface area (Å²) >= 11 is 1.38. The molecule has 0 aliphatic carbocycles. The molecule has 3 heterocycles. The van der Waals surface area contributed by atoms with Crippen molar-refractivity contribution >= 4 is 33.4 Å². The van der Waals surface area contributed by atoms with Crippen LogP contribution in [0.3, 0.4) is 0 Å². The van der Waals surface area contributed by atoms with Gasteiger partial charge in [-0.05, 0) is 36.6 Å². The Morgan fingerprint density at radius 2 is 2.07 bits per heavy atom. The van der Waals surface area contributed by atoms with E-state index in [4.69, 9.17) is 0 Å². The maximum atomic E-state index is 12.5. The highest BCUT2D eigenvalue weighted by atomic mass is 32.1. The summed E-state index contributed by atoms with van der Waals surface area (Å²) in [6, 6.07) is 7.46. The van der Waals surface area contributed by atoms with Gasteiger partial charge in [-0.25, -0.2) is 0 Å². The summed E-state index contributed by atoms with van der Waals surface area (Å²) in [7, 11) is 1.86. The first-order chi connectivity index (χ1) is 13.4. The van der Waals surface area contributed by atoms with E-state index in [0.29, 0.717) is 11.4 Å². The lowest BCUT2D eigenvalue weighted by Gasteiger charge is -2.14. The van der Waals surface area contributed by atoms with Crippen molar-refractivity contribution in [3.05, 3.63) is 51.5 Å². The predicted molar refractivity (Wildman–Crippen MR) is 109 cm³/mol. The third-order valence-corrected chi connectivity index (χ3v) is 6.23. The Balaban J connectivity index is 1.35. The summed E-state index contributed by atoms with van der Waals surface area (Å²) in [6.07, 6.45) is 0. The summed E-state index contributed by atoms with van der Waals surface area (Å²) in [5, 5.41) is 14.3. The van der Waals surface area contributed by atoms with Crippen LogP contribution in [-0.4, -0.2) is 27.6 Å². The largest absolute Gasteiger partial charge is 0.350 e. The second kappa shape index (κ2) is 7.37. The van der Waals surface area contributed by atoms with E-state index in [2.05, 4.69) is 33.2 Å². The molecule has 1 aliphatic heterocycles. The van der Waals surface area contributed by atoms with Crippen LogP contribution in [0.15, 0.2) is 24.3 Å². The molecule has 3 N–H and O–H groups in total. The van der Waals surface area contributed by atoms with Crippen LogP contribution >= 0.6 is 11.3 Å². The minimum Gasteiger partial charge on any atom is -0.350 e. The van der Waals surface area contributed by atoms with Gasteiger partial charge in [0.05, 0.1) is 10.6 Å². The number of carbonyl (C=O) groups excluding carboxylic acids is 2. The van der Waals surface area contributed by atoms with Crippen molar-refractivity contribution in [3.8, 4) is 0 Å². The van der Waals surface area contributed by atoms with E-state index < -0.39 is 6.04 Å². The fraction of sp³-hybridized carbons (Fsp3) is 0.350. The normalized spacial score (nSPS) is 14.1. The number of carbonyl (C=O) groups is 2. The zero-order chi connectivity index (χ0) is 19.8. The highest BCUT2D eigenvalue weighted by Gasteiger charge is 2.20. The van der Waals surface area contributed by atoms with Crippen LogP contribution in [0.25, 0.3) is 10.2 Å². The van der Waals surface area contributed by atoms with Gasteiger partial charge in [0.15, 0.2) is 0 Å². The first kappa shape index (κ1) is 18.6. The van der Waals surface area contributed by atoms with Gasteiger partial charge in [0.1, 0.15) is 10.9 Å². The molecular weight excluding hydrogens is 374 g/mol. The number of rotatable bonds is 5. The fourth-order valence-corrected chi connectivity index (χ4v) is 4.48. The lowest BCUT2D eigenvalue weighted by Crippen LogP contribution is -2.44. The molecule has 0 radical (unpaired) electrons. The molecule has 8 heteroatoms. The number of benzene rings is 1. The van der Waals surface area contributed by atoms with Gasteiger partial charge in [0.25, 0.3) is 5.91 Å². The van der Waals surface area contributed by atoms with Crippen LogP contribution in [0, 0.1) is 6.92 Å². The van der Waals surface area contributed by atoms with Crippen LogP contribution in [0.2, 0.25) is 0 Å². The lowest BCUT2D eigenvalue weighted by molar-refractivity contribution is -0.122. The molecule has 1 aromatic carbocycles. The average Bonchev–Trinajstić information content (AvgIpc) is 3.37. The van der Waals surface area contributed by atoms with Gasteiger partial charge in [0, 0.05) is 32.1 Å². The van der Waals surface area contributed by atoms with Gasteiger partial charge in [0.2, 0.25) is 5.91 Å². The summed E-state index contributed by atoms with van der Waals surface area (Å²) in [6.45, 7) is 5.83. The second-order valence-corrected chi connectivity index (χ2v) is 8.19. The van der Waals surface area contributed by atoms with Crippen molar-refractivity contribution in [1.29, 1.82) is 0 Å². The van der Waals surface area contributed by atoms with Gasteiger partial charge in [-0.3, -0.25) is 14.3 Å². The SMILES string of the molecule is Cc1nn(C)c2sc(C(=O)NC(C)C(=O)NCc3ccc4c(c3)CNC4)cc12. The summed E-state index contributed by atoms with van der Waals surface area (Å²) in [5.74, 6) is -0.446. The second-order valence-electron chi connectivity index (χ2n) is 7.16. The molecule has 0 bridgehead atoms. The van der Waals surface area contributed by atoms with E-state index in [1.165, 1.54) is 22.5 Å². The monoisotopic (exact) mass is 397 g/mol. The first-order valence-electron chi connectivity index (χ1n) is 9.25. The Morgan fingerprint density at radius 3 is 2.86 bits per heavy atom. The van der Waals surface area contributed by atoms with Crippen molar-refractivity contribution in [2.45, 2.75) is 39.5 Å². The molecule has 0 fully saturated rings. The molecule has 3 aromatic rings. The number of amides is 2. The molecule has 1 atom stereocenters. The predicted octanol–water partition coefficient (Wildman–Crippen LogP) is 1.98. The highest BCUT2D eigenvalue weighted by Crippen LogP contribution is 2.27. The molecule has 7 nitrogen and oxygen atoms in total. The maximum Gasteiger partial charge on any atom is 0.262 e. The number of aromatic nitrogens is 2. The van der Waals surface area contributed by atoms with Crippen molar-refractivity contribution < 1.29 is 9.59 Å². The molecule has 1 unspecified atom stereocenters. The number of nitrogens with zero attached hydrogens (tertiary/aromatic N) is 2. The molecule has 146 valence electrons.